The molecule has 3 rings (SSSR count). The maximum atomic E-state index is 12.8. The van der Waals surface area contributed by atoms with E-state index in [4.69, 9.17) is 14.2 Å². The Balaban J connectivity index is 1.39. The Kier molecular flexibility index (Phi) is 13.0. The average Bonchev–Trinajstić information content (AvgIpc) is 2.96. The zero-order valence-corrected chi connectivity index (χ0v) is 24.4. The van der Waals surface area contributed by atoms with Gasteiger partial charge in [-0.05, 0) is 82.4 Å². The quantitative estimate of drug-likeness (QED) is 0.190. The van der Waals surface area contributed by atoms with Crippen LogP contribution in [0.1, 0.15) is 61.5 Å². The van der Waals surface area contributed by atoms with Crippen molar-refractivity contribution in [2.24, 2.45) is 0 Å². The number of hydrogen-bond donors (Lipinski definition) is 3. The van der Waals surface area contributed by atoms with Crippen molar-refractivity contribution in [3.63, 3.8) is 0 Å². The molecule has 8 heteroatoms. The molecule has 0 heterocycles. The van der Waals surface area contributed by atoms with Gasteiger partial charge in [0.1, 0.15) is 18.8 Å². The number of benzene rings is 3. The standard InChI is InChI=1S/C33H43N3O5/c1-33(2,3)41-32(38)36-21-11-10-19-34-20-12-22-35-31(37)28-17-18-29(39-24-26-13-6-4-7-14-26)30(23-28)40-25-27-15-8-5-9-16-27/h4-9,13-18,23,34H,10-12,19-22,24-25H2,1-3H3,(H,35,37)(H,36,38). The molecule has 3 N–H and O–H groups in total. The first kappa shape index (κ1) is 31.5. The van der Waals surface area contributed by atoms with Crippen LogP contribution < -0.4 is 25.4 Å². The monoisotopic (exact) mass is 561 g/mol. The molecular formula is C33H43N3O5. The molecule has 0 aliphatic heterocycles. The number of nitrogens with one attached hydrogen (secondary N) is 3. The molecule has 0 aromatic heterocycles. The smallest absolute Gasteiger partial charge is 0.407 e. The predicted octanol–water partition coefficient (Wildman–Crippen LogP) is 5.86. The van der Waals surface area contributed by atoms with E-state index in [-0.39, 0.29) is 12.0 Å². The van der Waals surface area contributed by atoms with Crippen molar-refractivity contribution in [3.8, 4) is 11.5 Å². The summed E-state index contributed by atoms with van der Waals surface area (Å²) in [6, 6.07) is 25.1. The summed E-state index contributed by atoms with van der Waals surface area (Å²) >= 11 is 0. The zero-order chi connectivity index (χ0) is 29.3. The molecule has 3 aromatic rings. The summed E-state index contributed by atoms with van der Waals surface area (Å²) in [5.74, 6) is 0.962. The van der Waals surface area contributed by atoms with Crippen molar-refractivity contribution in [3.05, 3.63) is 95.6 Å². The highest BCUT2D eigenvalue weighted by molar-refractivity contribution is 5.94. The first-order chi connectivity index (χ1) is 19.8. The van der Waals surface area contributed by atoms with E-state index in [1.54, 1.807) is 18.2 Å². The Morgan fingerprint density at radius 1 is 0.659 bits per heavy atom. The Bertz CT molecular complexity index is 1200. The maximum Gasteiger partial charge on any atom is 0.407 e. The molecule has 0 atom stereocenters. The van der Waals surface area contributed by atoms with Gasteiger partial charge in [0.05, 0.1) is 0 Å². The third-order valence-electron chi connectivity index (χ3n) is 5.94. The summed E-state index contributed by atoms with van der Waals surface area (Å²) < 4.78 is 17.4. The van der Waals surface area contributed by atoms with E-state index in [1.165, 1.54) is 0 Å². The van der Waals surface area contributed by atoms with E-state index in [2.05, 4.69) is 16.0 Å². The van der Waals surface area contributed by atoms with Crippen LogP contribution in [0.3, 0.4) is 0 Å². The molecule has 8 nitrogen and oxygen atoms in total. The van der Waals surface area contributed by atoms with Gasteiger partial charge in [0.25, 0.3) is 5.91 Å². The molecule has 41 heavy (non-hydrogen) atoms. The fourth-order valence-corrected chi connectivity index (χ4v) is 3.87. The van der Waals surface area contributed by atoms with Crippen molar-refractivity contribution in [2.45, 2.75) is 58.8 Å². The lowest BCUT2D eigenvalue weighted by atomic mass is 10.1. The number of amides is 2. The van der Waals surface area contributed by atoms with Crippen molar-refractivity contribution in [1.82, 2.24) is 16.0 Å². The highest BCUT2D eigenvalue weighted by Crippen LogP contribution is 2.30. The Labute approximate surface area is 243 Å². The van der Waals surface area contributed by atoms with Crippen molar-refractivity contribution >= 4 is 12.0 Å². The normalized spacial score (nSPS) is 11.0. The van der Waals surface area contributed by atoms with E-state index < -0.39 is 5.60 Å². The highest BCUT2D eigenvalue weighted by Gasteiger charge is 2.15. The van der Waals surface area contributed by atoms with Gasteiger partial charge >= 0.3 is 6.09 Å². The van der Waals surface area contributed by atoms with Crippen LogP contribution >= 0.6 is 0 Å². The fraction of sp³-hybridized carbons (Fsp3) is 0.394. The average molecular weight is 562 g/mol. The van der Waals surface area contributed by atoms with Crippen LogP contribution in [0.5, 0.6) is 11.5 Å². The summed E-state index contributed by atoms with van der Waals surface area (Å²) in [5.41, 5.74) is 2.11. The first-order valence-electron chi connectivity index (χ1n) is 14.2. The molecular weight excluding hydrogens is 518 g/mol. The van der Waals surface area contributed by atoms with E-state index in [1.807, 2.05) is 81.4 Å². The van der Waals surface area contributed by atoms with Crippen LogP contribution in [0.25, 0.3) is 0 Å². The molecule has 0 unspecified atom stereocenters. The van der Waals surface area contributed by atoms with Gasteiger partial charge in [0.2, 0.25) is 0 Å². The summed E-state index contributed by atoms with van der Waals surface area (Å²) in [6.45, 7) is 9.08. The first-order valence-corrected chi connectivity index (χ1v) is 14.2. The van der Waals surface area contributed by atoms with Gasteiger partial charge in [-0.15, -0.1) is 0 Å². The molecule has 2 amide bonds. The van der Waals surface area contributed by atoms with Crippen LogP contribution in [0.15, 0.2) is 78.9 Å². The van der Waals surface area contributed by atoms with Crippen LogP contribution in [0.4, 0.5) is 4.79 Å². The fourth-order valence-electron chi connectivity index (χ4n) is 3.87. The lowest BCUT2D eigenvalue weighted by molar-refractivity contribution is 0.0526. The SMILES string of the molecule is CC(C)(C)OC(=O)NCCCCNCCCNC(=O)c1ccc(OCc2ccccc2)c(OCc2ccccc2)c1. The van der Waals surface area contributed by atoms with Gasteiger partial charge in [-0.3, -0.25) is 4.79 Å². The third kappa shape index (κ3) is 12.8. The second-order valence-corrected chi connectivity index (χ2v) is 10.7. The van der Waals surface area contributed by atoms with Gasteiger partial charge in [0, 0.05) is 18.7 Å². The number of hydrogen-bond acceptors (Lipinski definition) is 6. The zero-order valence-electron chi connectivity index (χ0n) is 24.4. The number of alkyl carbamates (subject to hydrolysis) is 1. The Morgan fingerprint density at radius 3 is 1.85 bits per heavy atom. The van der Waals surface area contributed by atoms with Crippen LogP contribution in [0.2, 0.25) is 0 Å². The molecule has 220 valence electrons. The number of rotatable bonds is 16. The minimum absolute atomic E-state index is 0.155. The van der Waals surface area contributed by atoms with Crippen molar-refractivity contribution in [1.29, 1.82) is 0 Å². The molecule has 0 spiro atoms. The van der Waals surface area contributed by atoms with Crippen molar-refractivity contribution < 1.29 is 23.8 Å². The number of carbonyl (C=O) groups excluding carboxylic acids is 2. The predicted molar refractivity (Wildman–Crippen MR) is 161 cm³/mol. The molecule has 0 aliphatic carbocycles. The molecule has 0 saturated carbocycles. The molecule has 0 aliphatic rings. The lowest BCUT2D eigenvalue weighted by Crippen LogP contribution is -2.33. The molecule has 0 saturated heterocycles. The molecule has 0 bridgehead atoms. The van der Waals surface area contributed by atoms with Gasteiger partial charge < -0.3 is 30.2 Å². The number of ether oxygens (including phenoxy) is 3. The van der Waals surface area contributed by atoms with Gasteiger partial charge in [-0.25, -0.2) is 4.79 Å². The van der Waals surface area contributed by atoms with Gasteiger partial charge in [-0.2, -0.15) is 0 Å². The summed E-state index contributed by atoms with van der Waals surface area (Å²) in [5, 5.41) is 9.12. The van der Waals surface area contributed by atoms with Crippen molar-refractivity contribution in [2.75, 3.05) is 26.2 Å². The Morgan fingerprint density at radius 2 is 1.22 bits per heavy atom. The highest BCUT2D eigenvalue weighted by atomic mass is 16.6. The van der Waals surface area contributed by atoms with E-state index in [0.717, 1.165) is 43.5 Å². The van der Waals surface area contributed by atoms with Crippen LogP contribution in [0, 0.1) is 0 Å². The largest absolute Gasteiger partial charge is 0.485 e. The third-order valence-corrected chi connectivity index (χ3v) is 5.94. The maximum absolute atomic E-state index is 12.8. The molecule has 0 radical (unpaired) electrons. The topological polar surface area (TPSA) is 97.9 Å². The summed E-state index contributed by atoms with van der Waals surface area (Å²) in [4.78, 5) is 24.5. The molecule has 0 fully saturated rings. The van der Waals surface area contributed by atoms with Crippen LogP contribution in [-0.4, -0.2) is 43.8 Å². The van der Waals surface area contributed by atoms with Gasteiger partial charge in [-0.1, -0.05) is 60.7 Å². The van der Waals surface area contributed by atoms with Gasteiger partial charge in [0.15, 0.2) is 11.5 Å². The van der Waals surface area contributed by atoms with E-state index in [9.17, 15) is 9.59 Å². The van der Waals surface area contributed by atoms with E-state index >= 15 is 0 Å². The number of carbonyl (C=O) groups is 2. The van der Waals surface area contributed by atoms with Crippen LogP contribution in [-0.2, 0) is 18.0 Å². The summed E-state index contributed by atoms with van der Waals surface area (Å²) in [7, 11) is 0. The minimum atomic E-state index is -0.486. The minimum Gasteiger partial charge on any atom is -0.485 e. The lowest BCUT2D eigenvalue weighted by Gasteiger charge is -2.19. The second kappa shape index (κ2) is 16.9. The number of unbranched alkanes of at least 4 members (excludes halogenated alkanes) is 1. The van der Waals surface area contributed by atoms with E-state index in [0.29, 0.717) is 43.4 Å². The summed E-state index contributed by atoms with van der Waals surface area (Å²) in [6.07, 6.45) is 2.22. The Hall–Kier alpha value is -4.04. The molecule has 3 aromatic carbocycles. The second-order valence-electron chi connectivity index (χ2n) is 10.7.